The predicted molar refractivity (Wildman–Crippen MR) is 123 cm³/mol. The number of ether oxygens (including phenoxy) is 1. The highest BCUT2D eigenvalue weighted by molar-refractivity contribution is 6.24. The van der Waals surface area contributed by atoms with Crippen LogP contribution in [0.15, 0.2) is 42.5 Å². The van der Waals surface area contributed by atoms with Crippen LogP contribution in [0.1, 0.15) is 57.5 Å². The number of amides is 4. The van der Waals surface area contributed by atoms with Crippen LogP contribution in [0.3, 0.4) is 0 Å². The van der Waals surface area contributed by atoms with Crippen LogP contribution in [0.25, 0.3) is 0 Å². The van der Waals surface area contributed by atoms with Crippen LogP contribution < -0.4 is 16.4 Å². The molecular formula is C25H26N4O5. The van der Waals surface area contributed by atoms with Crippen molar-refractivity contribution in [2.45, 2.75) is 43.8 Å². The zero-order chi connectivity index (χ0) is 23.9. The van der Waals surface area contributed by atoms with Crippen molar-refractivity contribution < 1.29 is 23.9 Å². The van der Waals surface area contributed by atoms with Crippen molar-refractivity contribution in [2.24, 2.45) is 5.73 Å². The highest BCUT2D eigenvalue weighted by Crippen LogP contribution is 2.32. The van der Waals surface area contributed by atoms with E-state index in [-0.39, 0.29) is 18.4 Å². The highest BCUT2D eigenvalue weighted by Gasteiger charge is 2.45. The van der Waals surface area contributed by atoms with E-state index in [0.717, 1.165) is 29.0 Å². The van der Waals surface area contributed by atoms with Gasteiger partial charge in [0.1, 0.15) is 6.04 Å². The SMILES string of the molecule is NC1(c2cccc(NCc3cccc4c3C(=O)N(C3CCC(=O)NC3=O)C4=O)c2)CCOCC1. The van der Waals surface area contributed by atoms with Crippen molar-refractivity contribution >= 4 is 29.3 Å². The van der Waals surface area contributed by atoms with Crippen molar-refractivity contribution in [3.05, 3.63) is 64.7 Å². The Morgan fingerprint density at radius 3 is 2.59 bits per heavy atom. The molecule has 0 aromatic heterocycles. The molecule has 3 aliphatic heterocycles. The average molecular weight is 463 g/mol. The molecule has 5 rings (SSSR count). The van der Waals surface area contributed by atoms with Crippen LogP contribution in [0.4, 0.5) is 5.69 Å². The van der Waals surface area contributed by atoms with E-state index in [2.05, 4.69) is 10.6 Å². The second-order valence-electron chi connectivity index (χ2n) is 8.99. The van der Waals surface area contributed by atoms with Crippen LogP contribution in [-0.2, 0) is 26.4 Å². The highest BCUT2D eigenvalue weighted by atomic mass is 16.5. The third-order valence-electron chi connectivity index (χ3n) is 6.86. The Bertz CT molecular complexity index is 1190. The van der Waals surface area contributed by atoms with Crippen LogP contribution in [-0.4, -0.2) is 47.8 Å². The molecular weight excluding hydrogens is 436 g/mol. The number of hydrogen-bond donors (Lipinski definition) is 3. The first kappa shape index (κ1) is 22.2. The molecule has 0 aliphatic carbocycles. The standard InChI is InChI=1S/C25H26N4O5/c26-25(9-11-34-12-10-25)16-4-2-5-17(13-16)27-14-15-3-1-6-18-21(15)24(33)29(23(18)32)19-7-8-20(30)28-22(19)31/h1-6,13,19,27H,7-12,14,26H2,(H,28,30,31). The zero-order valence-electron chi connectivity index (χ0n) is 18.6. The number of imide groups is 2. The van der Waals surface area contributed by atoms with Gasteiger partial charge in [0.25, 0.3) is 11.8 Å². The number of nitrogens with two attached hydrogens (primary N) is 1. The number of hydrogen-bond acceptors (Lipinski definition) is 7. The zero-order valence-corrected chi connectivity index (χ0v) is 18.6. The molecule has 9 heteroatoms. The van der Waals surface area contributed by atoms with E-state index in [9.17, 15) is 19.2 Å². The van der Waals surface area contributed by atoms with Crippen molar-refractivity contribution in [2.75, 3.05) is 18.5 Å². The van der Waals surface area contributed by atoms with Crippen LogP contribution in [0.2, 0.25) is 0 Å². The lowest BCUT2D eigenvalue weighted by molar-refractivity contribution is -0.136. The Morgan fingerprint density at radius 2 is 1.82 bits per heavy atom. The number of carbonyl (C=O) groups is 4. The number of nitrogens with one attached hydrogen (secondary N) is 2. The Morgan fingerprint density at radius 1 is 1.06 bits per heavy atom. The van der Waals surface area contributed by atoms with Crippen molar-refractivity contribution in [3.8, 4) is 0 Å². The van der Waals surface area contributed by atoms with Gasteiger partial charge in [-0.15, -0.1) is 0 Å². The molecule has 34 heavy (non-hydrogen) atoms. The molecule has 2 saturated heterocycles. The van der Waals surface area contributed by atoms with E-state index in [0.29, 0.717) is 30.9 Å². The fourth-order valence-electron chi connectivity index (χ4n) is 4.89. The van der Waals surface area contributed by atoms with Gasteiger partial charge in [0.05, 0.1) is 11.1 Å². The average Bonchev–Trinajstić information content (AvgIpc) is 3.09. The van der Waals surface area contributed by atoms with E-state index in [1.807, 2.05) is 24.3 Å². The molecule has 3 aliphatic rings. The van der Waals surface area contributed by atoms with Crippen LogP contribution >= 0.6 is 0 Å². The molecule has 1 unspecified atom stereocenters. The Hall–Kier alpha value is -3.56. The summed E-state index contributed by atoms with van der Waals surface area (Å²) < 4.78 is 5.45. The first-order valence-corrected chi connectivity index (χ1v) is 11.4. The van der Waals surface area contributed by atoms with Gasteiger partial charge in [0, 0.05) is 37.4 Å². The van der Waals surface area contributed by atoms with E-state index in [1.54, 1.807) is 18.2 Å². The molecule has 1 atom stereocenters. The summed E-state index contributed by atoms with van der Waals surface area (Å²) in [7, 11) is 0. The van der Waals surface area contributed by atoms with E-state index < -0.39 is 35.2 Å². The minimum absolute atomic E-state index is 0.0866. The molecule has 4 N–H and O–H groups in total. The summed E-state index contributed by atoms with van der Waals surface area (Å²) in [5.74, 6) is -2.04. The maximum Gasteiger partial charge on any atom is 0.262 e. The summed E-state index contributed by atoms with van der Waals surface area (Å²) in [6.45, 7) is 1.57. The Kier molecular flexibility index (Phi) is 5.66. The van der Waals surface area contributed by atoms with Crippen LogP contribution in [0.5, 0.6) is 0 Å². The number of nitrogens with zero attached hydrogens (tertiary/aromatic N) is 1. The summed E-state index contributed by atoms with van der Waals surface area (Å²) in [6, 6.07) is 12.0. The lowest BCUT2D eigenvalue weighted by Crippen LogP contribution is -2.54. The summed E-state index contributed by atoms with van der Waals surface area (Å²) in [4.78, 5) is 51.1. The van der Waals surface area contributed by atoms with Gasteiger partial charge in [-0.05, 0) is 48.6 Å². The van der Waals surface area contributed by atoms with E-state index in [4.69, 9.17) is 10.5 Å². The smallest absolute Gasteiger partial charge is 0.262 e. The van der Waals surface area contributed by atoms with Gasteiger partial charge in [-0.25, -0.2) is 0 Å². The number of fused-ring (bicyclic) bond motifs is 1. The molecule has 0 bridgehead atoms. The van der Waals surface area contributed by atoms with Crippen molar-refractivity contribution in [1.82, 2.24) is 10.2 Å². The number of rotatable bonds is 5. The first-order chi connectivity index (χ1) is 16.4. The predicted octanol–water partition coefficient (Wildman–Crippen LogP) is 1.66. The molecule has 0 radical (unpaired) electrons. The van der Waals surface area contributed by atoms with Gasteiger partial charge in [0.2, 0.25) is 11.8 Å². The molecule has 176 valence electrons. The third-order valence-corrected chi connectivity index (χ3v) is 6.86. The van der Waals surface area contributed by atoms with Crippen LogP contribution in [0, 0.1) is 0 Å². The minimum Gasteiger partial charge on any atom is -0.381 e. The number of anilines is 1. The second-order valence-corrected chi connectivity index (χ2v) is 8.99. The summed E-state index contributed by atoms with van der Waals surface area (Å²) in [5, 5.41) is 5.56. The largest absolute Gasteiger partial charge is 0.381 e. The van der Waals surface area contributed by atoms with E-state index >= 15 is 0 Å². The number of benzene rings is 2. The molecule has 2 aromatic carbocycles. The first-order valence-electron chi connectivity index (χ1n) is 11.4. The summed E-state index contributed by atoms with van der Waals surface area (Å²) >= 11 is 0. The fraction of sp³-hybridized carbons (Fsp3) is 0.360. The van der Waals surface area contributed by atoms with Gasteiger partial charge in [-0.2, -0.15) is 0 Å². The normalized spacial score (nSPS) is 21.9. The Labute approximate surface area is 196 Å². The fourth-order valence-corrected chi connectivity index (χ4v) is 4.89. The topological polar surface area (TPSA) is 131 Å². The second kappa shape index (κ2) is 8.66. The third kappa shape index (κ3) is 3.86. The molecule has 0 saturated carbocycles. The molecule has 0 spiro atoms. The lowest BCUT2D eigenvalue weighted by Gasteiger charge is -2.34. The van der Waals surface area contributed by atoms with Gasteiger partial charge >= 0.3 is 0 Å². The van der Waals surface area contributed by atoms with E-state index in [1.165, 1.54) is 0 Å². The summed E-state index contributed by atoms with van der Waals surface area (Å²) in [5.41, 5.74) is 9.28. The molecule has 2 aromatic rings. The summed E-state index contributed by atoms with van der Waals surface area (Å²) in [6.07, 6.45) is 1.70. The lowest BCUT2D eigenvalue weighted by atomic mass is 9.83. The maximum absolute atomic E-state index is 13.3. The monoisotopic (exact) mass is 462 g/mol. The molecule has 3 heterocycles. The Balaban J connectivity index is 1.36. The maximum atomic E-state index is 13.3. The number of carbonyl (C=O) groups excluding carboxylic acids is 4. The van der Waals surface area contributed by atoms with Gasteiger partial charge in [-0.3, -0.25) is 29.4 Å². The van der Waals surface area contributed by atoms with Gasteiger partial charge < -0.3 is 15.8 Å². The molecule has 9 nitrogen and oxygen atoms in total. The van der Waals surface area contributed by atoms with Crippen molar-refractivity contribution in [3.63, 3.8) is 0 Å². The van der Waals surface area contributed by atoms with Gasteiger partial charge in [0.15, 0.2) is 0 Å². The van der Waals surface area contributed by atoms with Gasteiger partial charge in [-0.1, -0.05) is 24.3 Å². The quantitative estimate of drug-likeness (QED) is 0.576. The minimum atomic E-state index is -0.984. The molecule has 2 fully saturated rings. The van der Waals surface area contributed by atoms with Crippen molar-refractivity contribution in [1.29, 1.82) is 0 Å². The number of piperidine rings is 1. The molecule has 4 amide bonds.